The first-order valence-electron chi connectivity index (χ1n) is 6.09. The van der Waals surface area contributed by atoms with Gasteiger partial charge in [0.05, 0.1) is 16.7 Å². The lowest BCUT2D eigenvalue weighted by Gasteiger charge is -2.24. The standard InChI is InChI=1S/C14H16BrNO3/c1-7(2)16-11-9(14(3,4)13(16)19)5-8(12(17)18)6-10(11)15/h5-7H,1-4H3,(H,17,18). The zero-order valence-electron chi connectivity index (χ0n) is 11.3. The fourth-order valence-corrected chi connectivity index (χ4v) is 3.11. The predicted octanol–water partition coefficient (Wildman–Crippen LogP) is 3.18. The monoisotopic (exact) mass is 325 g/mol. The highest BCUT2D eigenvalue weighted by molar-refractivity contribution is 9.10. The number of anilines is 1. The smallest absolute Gasteiger partial charge is 0.335 e. The molecule has 5 heteroatoms. The van der Waals surface area contributed by atoms with Gasteiger partial charge in [-0.1, -0.05) is 0 Å². The summed E-state index contributed by atoms with van der Waals surface area (Å²) < 4.78 is 0.648. The maximum Gasteiger partial charge on any atom is 0.335 e. The van der Waals surface area contributed by atoms with Crippen LogP contribution in [-0.2, 0) is 10.2 Å². The van der Waals surface area contributed by atoms with Crippen LogP contribution in [0.1, 0.15) is 43.6 Å². The average molecular weight is 326 g/mol. The summed E-state index contributed by atoms with van der Waals surface area (Å²) in [5.74, 6) is -0.990. The van der Waals surface area contributed by atoms with E-state index in [9.17, 15) is 9.59 Å². The lowest BCUT2D eigenvalue weighted by atomic mass is 9.85. The molecule has 0 spiro atoms. The van der Waals surface area contributed by atoms with E-state index < -0.39 is 11.4 Å². The van der Waals surface area contributed by atoms with E-state index in [4.69, 9.17) is 5.11 Å². The SMILES string of the molecule is CC(C)N1C(=O)C(C)(C)c2cc(C(=O)O)cc(Br)c21. The molecule has 1 aromatic rings. The molecule has 1 aliphatic rings. The molecule has 1 N–H and O–H groups in total. The average Bonchev–Trinajstić information content (AvgIpc) is 2.49. The summed E-state index contributed by atoms with van der Waals surface area (Å²) in [7, 11) is 0. The molecular formula is C14H16BrNO3. The van der Waals surface area contributed by atoms with E-state index in [0.29, 0.717) is 4.47 Å². The van der Waals surface area contributed by atoms with E-state index in [2.05, 4.69) is 15.9 Å². The van der Waals surface area contributed by atoms with E-state index >= 15 is 0 Å². The fraction of sp³-hybridized carbons (Fsp3) is 0.429. The van der Waals surface area contributed by atoms with Crippen molar-refractivity contribution >= 4 is 33.5 Å². The van der Waals surface area contributed by atoms with E-state index in [1.165, 1.54) is 0 Å². The van der Waals surface area contributed by atoms with Gasteiger partial charge in [0, 0.05) is 10.5 Å². The maximum atomic E-state index is 12.5. The summed E-state index contributed by atoms with van der Waals surface area (Å²) >= 11 is 3.40. The van der Waals surface area contributed by atoms with E-state index in [1.807, 2.05) is 27.7 Å². The number of halogens is 1. The number of carbonyl (C=O) groups is 2. The third-order valence-electron chi connectivity index (χ3n) is 3.49. The van der Waals surface area contributed by atoms with Gasteiger partial charge in [0.1, 0.15) is 0 Å². The van der Waals surface area contributed by atoms with Gasteiger partial charge >= 0.3 is 5.97 Å². The van der Waals surface area contributed by atoms with Crippen molar-refractivity contribution in [1.82, 2.24) is 0 Å². The topological polar surface area (TPSA) is 57.6 Å². The van der Waals surface area contributed by atoms with Crippen molar-refractivity contribution < 1.29 is 14.7 Å². The van der Waals surface area contributed by atoms with Crippen molar-refractivity contribution in [3.63, 3.8) is 0 Å². The fourth-order valence-electron chi connectivity index (χ4n) is 2.45. The number of fused-ring (bicyclic) bond motifs is 1. The van der Waals surface area contributed by atoms with Crippen molar-refractivity contribution in [1.29, 1.82) is 0 Å². The lowest BCUT2D eigenvalue weighted by Crippen LogP contribution is -2.40. The first-order chi connectivity index (χ1) is 8.67. The number of amides is 1. The first-order valence-corrected chi connectivity index (χ1v) is 6.88. The molecule has 0 atom stereocenters. The Morgan fingerprint density at radius 1 is 1.37 bits per heavy atom. The Labute approximate surface area is 120 Å². The van der Waals surface area contributed by atoms with Gasteiger partial charge in [-0.2, -0.15) is 0 Å². The second-order valence-corrected chi connectivity index (χ2v) is 6.41. The molecule has 0 aromatic heterocycles. The lowest BCUT2D eigenvalue weighted by molar-refractivity contribution is -0.122. The molecule has 0 bridgehead atoms. The third-order valence-corrected chi connectivity index (χ3v) is 4.10. The maximum absolute atomic E-state index is 12.5. The minimum Gasteiger partial charge on any atom is -0.478 e. The number of nitrogens with zero attached hydrogens (tertiary/aromatic N) is 1. The number of aromatic carboxylic acids is 1. The molecule has 19 heavy (non-hydrogen) atoms. The Morgan fingerprint density at radius 2 is 1.95 bits per heavy atom. The Morgan fingerprint density at radius 3 is 2.42 bits per heavy atom. The number of carboxylic acid groups (broad SMARTS) is 1. The summed E-state index contributed by atoms with van der Waals surface area (Å²) in [5, 5.41) is 9.13. The van der Waals surface area contributed by atoms with Gasteiger partial charge in [0.25, 0.3) is 0 Å². The molecule has 0 saturated carbocycles. The van der Waals surface area contributed by atoms with Gasteiger partial charge in [0.15, 0.2) is 0 Å². The second-order valence-electron chi connectivity index (χ2n) is 5.55. The number of carboxylic acids is 1. The summed E-state index contributed by atoms with van der Waals surface area (Å²) in [6, 6.07) is 3.17. The molecular weight excluding hydrogens is 310 g/mol. The summed E-state index contributed by atoms with van der Waals surface area (Å²) in [4.78, 5) is 25.4. The van der Waals surface area contributed by atoms with E-state index in [-0.39, 0.29) is 17.5 Å². The predicted molar refractivity (Wildman–Crippen MR) is 76.7 cm³/mol. The van der Waals surface area contributed by atoms with Crippen LogP contribution in [0, 0.1) is 0 Å². The molecule has 0 fully saturated rings. The summed E-state index contributed by atoms with van der Waals surface area (Å²) in [6.45, 7) is 7.55. The minimum absolute atomic E-state index is 0.000684. The van der Waals surface area contributed by atoms with Gasteiger partial charge in [-0.05, 0) is 61.3 Å². The summed E-state index contributed by atoms with van der Waals surface area (Å²) in [5.41, 5.74) is 1.04. The zero-order valence-corrected chi connectivity index (χ0v) is 12.9. The van der Waals surface area contributed by atoms with Gasteiger partial charge < -0.3 is 10.0 Å². The molecule has 102 valence electrons. The van der Waals surface area contributed by atoms with Gasteiger partial charge in [-0.15, -0.1) is 0 Å². The molecule has 0 aliphatic carbocycles. The molecule has 4 nitrogen and oxygen atoms in total. The molecule has 0 saturated heterocycles. The van der Waals surface area contributed by atoms with Crippen molar-refractivity contribution in [3.05, 3.63) is 27.7 Å². The van der Waals surface area contributed by atoms with Crippen LogP contribution in [0.3, 0.4) is 0 Å². The number of carbonyl (C=O) groups excluding carboxylic acids is 1. The summed E-state index contributed by atoms with van der Waals surface area (Å²) in [6.07, 6.45) is 0. The number of benzene rings is 1. The molecule has 1 amide bonds. The van der Waals surface area contributed by atoms with Crippen LogP contribution in [0.5, 0.6) is 0 Å². The second kappa shape index (κ2) is 4.34. The van der Waals surface area contributed by atoms with Crippen LogP contribution < -0.4 is 4.90 Å². The van der Waals surface area contributed by atoms with E-state index in [1.54, 1.807) is 17.0 Å². The number of rotatable bonds is 2. The van der Waals surface area contributed by atoms with Crippen LogP contribution in [0.25, 0.3) is 0 Å². The Hall–Kier alpha value is -1.36. The van der Waals surface area contributed by atoms with Crippen LogP contribution in [0.15, 0.2) is 16.6 Å². The normalized spacial score (nSPS) is 16.9. The van der Waals surface area contributed by atoms with Gasteiger partial charge in [-0.25, -0.2) is 4.79 Å². The quantitative estimate of drug-likeness (QED) is 0.908. The minimum atomic E-state index is -0.991. The van der Waals surface area contributed by atoms with Crippen LogP contribution in [0.2, 0.25) is 0 Å². The van der Waals surface area contributed by atoms with Crippen molar-refractivity contribution in [2.75, 3.05) is 4.90 Å². The van der Waals surface area contributed by atoms with Crippen LogP contribution in [0.4, 0.5) is 5.69 Å². The largest absolute Gasteiger partial charge is 0.478 e. The number of hydrogen-bond donors (Lipinski definition) is 1. The molecule has 1 heterocycles. The van der Waals surface area contributed by atoms with Gasteiger partial charge in [-0.3, -0.25) is 4.79 Å². The zero-order chi connectivity index (χ0) is 14.5. The van der Waals surface area contributed by atoms with E-state index in [0.717, 1.165) is 11.3 Å². The van der Waals surface area contributed by atoms with Crippen LogP contribution in [-0.4, -0.2) is 23.0 Å². The Kier molecular flexibility index (Phi) is 3.21. The Bertz CT molecular complexity index is 578. The van der Waals surface area contributed by atoms with Crippen molar-refractivity contribution in [2.45, 2.75) is 39.2 Å². The highest BCUT2D eigenvalue weighted by atomic mass is 79.9. The molecule has 1 aliphatic heterocycles. The molecule has 1 aromatic carbocycles. The van der Waals surface area contributed by atoms with Crippen molar-refractivity contribution in [3.8, 4) is 0 Å². The van der Waals surface area contributed by atoms with Crippen molar-refractivity contribution in [2.24, 2.45) is 0 Å². The molecule has 0 unspecified atom stereocenters. The Balaban J connectivity index is 2.75. The molecule has 0 radical (unpaired) electrons. The third kappa shape index (κ3) is 1.96. The molecule has 2 rings (SSSR count). The highest BCUT2D eigenvalue weighted by Crippen LogP contribution is 2.46. The number of hydrogen-bond acceptors (Lipinski definition) is 2. The van der Waals surface area contributed by atoms with Crippen LogP contribution >= 0.6 is 15.9 Å². The first kappa shape index (κ1) is 14.1. The highest BCUT2D eigenvalue weighted by Gasteiger charge is 2.46. The van der Waals surface area contributed by atoms with Gasteiger partial charge in [0.2, 0.25) is 5.91 Å².